The highest BCUT2D eigenvalue weighted by Gasteiger charge is 2.34. The number of methoxy groups -OCH3 is 1. The number of halogens is 2. The van der Waals surface area contributed by atoms with E-state index in [0.717, 1.165) is 25.7 Å². The summed E-state index contributed by atoms with van der Waals surface area (Å²) in [5.74, 6) is -0.320. The molecule has 0 bridgehead atoms. The number of nitrogens with one attached hydrogen (secondary N) is 1. The molecule has 0 atom stereocenters. The van der Waals surface area contributed by atoms with Crippen molar-refractivity contribution in [2.24, 2.45) is 5.73 Å². The summed E-state index contributed by atoms with van der Waals surface area (Å²) < 4.78 is 33.9. The molecule has 0 unspecified atom stereocenters. The summed E-state index contributed by atoms with van der Waals surface area (Å²) >= 11 is 0. The molecule has 7 heteroatoms. The van der Waals surface area contributed by atoms with Gasteiger partial charge in [-0.1, -0.05) is 12.8 Å². The molecule has 1 aromatic rings. The number of ether oxygens (including phenoxy) is 2. The molecule has 22 heavy (non-hydrogen) atoms. The lowest BCUT2D eigenvalue weighted by molar-refractivity contribution is -0.0512. The lowest BCUT2D eigenvalue weighted by Gasteiger charge is -2.28. The van der Waals surface area contributed by atoms with E-state index >= 15 is 0 Å². The van der Waals surface area contributed by atoms with Crippen LogP contribution in [0.25, 0.3) is 0 Å². The van der Waals surface area contributed by atoms with Crippen molar-refractivity contribution in [2.75, 3.05) is 13.7 Å². The van der Waals surface area contributed by atoms with E-state index < -0.39 is 6.61 Å². The van der Waals surface area contributed by atoms with E-state index in [0.29, 0.717) is 12.1 Å². The van der Waals surface area contributed by atoms with Crippen molar-refractivity contribution < 1.29 is 23.0 Å². The van der Waals surface area contributed by atoms with Gasteiger partial charge in [-0.3, -0.25) is 4.79 Å². The van der Waals surface area contributed by atoms with E-state index in [2.05, 4.69) is 10.1 Å². The molecule has 0 aromatic heterocycles. The normalized spacial score (nSPS) is 16.6. The first-order valence-corrected chi connectivity index (χ1v) is 7.15. The Labute approximate surface area is 127 Å². The van der Waals surface area contributed by atoms with Gasteiger partial charge in [0.2, 0.25) is 0 Å². The van der Waals surface area contributed by atoms with Crippen LogP contribution in [0.4, 0.5) is 8.78 Å². The molecule has 0 saturated heterocycles. The van der Waals surface area contributed by atoms with Crippen LogP contribution in [-0.4, -0.2) is 31.7 Å². The maximum Gasteiger partial charge on any atom is 0.387 e. The van der Waals surface area contributed by atoms with Gasteiger partial charge in [-0.15, -0.1) is 0 Å². The Kier molecular flexibility index (Phi) is 5.18. The smallest absolute Gasteiger partial charge is 0.387 e. The molecule has 3 N–H and O–H groups in total. The second-order valence-electron chi connectivity index (χ2n) is 5.39. The molecular formula is C15H20F2N2O3. The molecule has 1 aliphatic rings. The number of hydrogen-bond donors (Lipinski definition) is 2. The molecule has 1 fully saturated rings. The highest BCUT2D eigenvalue weighted by Crippen LogP contribution is 2.31. The van der Waals surface area contributed by atoms with Crippen molar-refractivity contribution >= 4 is 5.91 Å². The second kappa shape index (κ2) is 6.91. The number of hydrogen-bond acceptors (Lipinski definition) is 4. The molecule has 2 rings (SSSR count). The van der Waals surface area contributed by atoms with Gasteiger partial charge < -0.3 is 20.5 Å². The van der Waals surface area contributed by atoms with Gasteiger partial charge in [-0.05, 0) is 31.0 Å². The van der Waals surface area contributed by atoms with Gasteiger partial charge >= 0.3 is 6.61 Å². The number of alkyl halides is 2. The predicted molar refractivity (Wildman–Crippen MR) is 77.3 cm³/mol. The zero-order chi connectivity index (χ0) is 16.2. The first-order chi connectivity index (χ1) is 10.5. The zero-order valence-electron chi connectivity index (χ0n) is 12.4. The Morgan fingerprint density at radius 3 is 2.59 bits per heavy atom. The van der Waals surface area contributed by atoms with Crippen LogP contribution in [0.15, 0.2) is 18.2 Å². The van der Waals surface area contributed by atoms with Gasteiger partial charge in [-0.2, -0.15) is 8.78 Å². The summed E-state index contributed by atoms with van der Waals surface area (Å²) in [5.41, 5.74) is 5.73. The summed E-state index contributed by atoms with van der Waals surface area (Å²) in [5, 5.41) is 2.96. The van der Waals surface area contributed by atoms with Crippen molar-refractivity contribution in [3.8, 4) is 11.5 Å². The minimum absolute atomic E-state index is 0.0844. The summed E-state index contributed by atoms with van der Waals surface area (Å²) in [4.78, 5) is 12.4. The highest BCUT2D eigenvalue weighted by molar-refractivity contribution is 5.95. The van der Waals surface area contributed by atoms with E-state index in [-0.39, 0.29) is 22.9 Å². The van der Waals surface area contributed by atoms with Crippen LogP contribution in [0.5, 0.6) is 11.5 Å². The predicted octanol–water partition coefficient (Wildman–Crippen LogP) is 2.30. The van der Waals surface area contributed by atoms with Crippen LogP contribution >= 0.6 is 0 Å². The van der Waals surface area contributed by atoms with Gasteiger partial charge in [0.25, 0.3) is 5.91 Å². The molecule has 0 aliphatic heterocycles. The number of benzene rings is 1. The minimum Gasteiger partial charge on any atom is -0.493 e. The highest BCUT2D eigenvalue weighted by atomic mass is 19.3. The van der Waals surface area contributed by atoms with Crippen molar-refractivity contribution in [3.63, 3.8) is 0 Å². The van der Waals surface area contributed by atoms with Crippen molar-refractivity contribution in [3.05, 3.63) is 23.8 Å². The SMILES string of the molecule is COc1cc(C(=O)NC2(CN)CCCC2)ccc1OC(F)F. The van der Waals surface area contributed by atoms with Crippen LogP contribution < -0.4 is 20.5 Å². The Bertz CT molecular complexity index is 532. The Morgan fingerprint density at radius 2 is 2.05 bits per heavy atom. The molecule has 0 radical (unpaired) electrons. The largest absolute Gasteiger partial charge is 0.493 e. The third kappa shape index (κ3) is 3.65. The van der Waals surface area contributed by atoms with Crippen molar-refractivity contribution in [2.45, 2.75) is 37.8 Å². The number of rotatable bonds is 6. The Morgan fingerprint density at radius 1 is 1.36 bits per heavy atom. The molecule has 0 spiro atoms. The lowest BCUT2D eigenvalue weighted by Crippen LogP contribution is -2.51. The molecule has 5 nitrogen and oxygen atoms in total. The van der Waals surface area contributed by atoms with E-state index in [1.807, 2.05) is 0 Å². The molecule has 1 aromatic carbocycles. The van der Waals surface area contributed by atoms with Crippen LogP contribution in [0.2, 0.25) is 0 Å². The minimum atomic E-state index is -2.95. The fourth-order valence-electron chi connectivity index (χ4n) is 2.75. The van der Waals surface area contributed by atoms with E-state index in [4.69, 9.17) is 10.5 Å². The average Bonchev–Trinajstić information content (AvgIpc) is 2.96. The Balaban J connectivity index is 2.16. The van der Waals surface area contributed by atoms with Gasteiger partial charge in [0.15, 0.2) is 11.5 Å². The fourth-order valence-corrected chi connectivity index (χ4v) is 2.75. The van der Waals surface area contributed by atoms with Crippen LogP contribution in [0.1, 0.15) is 36.0 Å². The third-order valence-electron chi connectivity index (χ3n) is 3.97. The molecule has 1 aliphatic carbocycles. The third-order valence-corrected chi connectivity index (χ3v) is 3.97. The van der Waals surface area contributed by atoms with E-state index in [1.165, 1.54) is 25.3 Å². The summed E-state index contributed by atoms with van der Waals surface area (Å²) in [6, 6.07) is 4.10. The lowest BCUT2D eigenvalue weighted by atomic mass is 9.97. The number of carbonyl (C=O) groups excluding carboxylic acids is 1. The van der Waals surface area contributed by atoms with E-state index in [9.17, 15) is 13.6 Å². The molecular weight excluding hydrogens is 294 g/mol. The first kappa shape index (κ1) is 16.5. The summed E-state index contributed by atoms with van der Waals surface area (Å²) in [6.07, 6.45) is 3.75. The van der Waals surface area contributed by atoms with Gasteiger partial charge in [0.1, 0.15) is 0 Å². The van der Waals surface area contributed by atoms with E-state index in [1.54, 1.807) is 0 Å². The summed E-state index contributed by atoms with van der Waals surface area (Å²) in [7, 11) is 1.33. The Hall–Kier alpha value is -1.89. The fraction of sp³-hybridized carbons (Fsp3) is 0.533. The molecule has 1 saturated carbocycles. The standard InChI is InChI=1S/C15H20F2N2O3/c1-21-12-8-10(4-5-11(12)22-14(16)17)13(20)19-15(9-18)6-2-3-7-15/h4-5,8,14H,2-3,6-7,9,18H2,1H3,(H,19,20). The maximum absolute atomic E-state index is 12.4. The first-order valence-electron chi connectivity index (χ1n) is 7.15. The van der Waals surface area contributed by atoms with Gasteiger partial charge in [0.05, 0.1) is 12.6 Å². The number of nitrogens with two attached hydrogens (primary N) is 1. The number of amides is 1. The monoisotopic (exact) mass is 314 g/mol. The van der Waals surface area contributed by atoms with Gasteiger partial charge in [0, 0.05) is 12.1 Å². The van der Waals surface area contributed by atoms with Crippen LogP contribution in [0.3, 0.4) is 0 Å². The topological polar surface area (TPSA) is 73.6 Å². The molecule has 1 amide bonds. The second-order valence-corrected chi connectivity index (χ2v) is 5.39. The van der Waals surface area contributed by atoms with Crippen molar-refractivity contribution in [1.29, 1.82) is 0 Å². The maximum atomic E-state index is 12.4. The molecule has 0 heterocycles. The van der Waals surface area contributed by atoms with Crippen molar-refractivity contribution in [1.82, 2.24) is 5.32 Å². The van der Waals surface area contributed by atoms with Crippen LogP contribution in [-0.2, 0) is 0 Å². The zero-order valence-corrected chi connectivity index (χ0v) is 12.4. The van der Waals surface area contributed by atoms with Crippen LogP contribution in [0, 0.1) is 0 Å². The average molecular weight is 314 g/mol. The quantitative estimate of drug-likeness (QED) is 0.845. The molecule has 122 valence electrons. The number of carbonyl (C=O) groups is 1. The summed E-state index contributed by atoms with van der Waals surface area (Å²) in [6.45, 7) is -2.57. The van der Waals surface area contributed by atoms with Gasteiger partial charge in [-0.25, -0.2) is 0 Å².